The summed E-state index contributed by atoms with van der Waals surface area (Å²) in [5.41, 5.74) is 4.28. The van der Waals surface area contributed by atoms with E-state index < -0.39 is 0 Å². The van der Waals surface area contributed by atoms with Crippen molar-refractivity contribution in [3.63, 3.8) is 0 Å². The maximum absolute atomic E-state index is 2.54. The average molecular weight is 348 g/mol. The lowest BCUT2D eigenvalue weighted by atomic mass is 10.0. The molecule has 2 heterocycles. The summed E-state index contributed by atoms with van der Waals surface area (Å²) in [4.78, 5) is 6.67. The van der Waals surface area contributed by atoms with Crippen LogP contribution in [0.1, 0.15) is 5.56 Å². The Balaban J connectivity index is 1.55. The van der Waals surface area contributed by atoms with Gasteiger partial charge in [0.05, 0.1) is 11.4 Å². The smallest absolute Gasteiger partial charge is 0.0586 e. The van der Waals surface area contributed by atoms with Gasteiger partial charge in [-0.3, -0.25) is 0 Å². The average Bonchev–Trinajstić information content (AvgIpc) is 2.63. The maximum atomic E-state index is 2.54. The van der Waals surface area contributed by atoms with E-state index in [0.717, 1.165) is 13.0 Å². The van der Waals surface area contributed by atoms with Crippen molar-refractivity contribution in [2.75, 3.05) is 11.4 Å². The quantitative estimate of drug-likeness (QED) is 0.559. The Hall–Kier alpha value is -1.84. The van der Waals surface area contributed by atoms with E-state index in [1.54, 1.807) is 0 Å². The second-order valence-corrected chi connectivity index (χ2v) is 8.66. The number of para-hydroxylation sites is 2. The number of nitrogens with zero attached hydrogens (tertiary/aromatic N) is 1. The molecular formula is C21H17NS2. The van der Waals surface area contributed by atoms with Gasteiger partial charge in [0.15, 0.2) is 0 Å². The van der Waals surface area contributed by atoms with E-state index in [9.17, 15) is 0 Å². The molecule has 1 atom stereocenters. The van der Waals surface area contributed by atoms with Gasteiger partial charge in [0.2, 0.25) is 0 Å². The van der Waals surface area contributed by atoms with Crippen LogP contribution in [0.2, 0.25) is 0 Å². The minimum absolute atomic E-state index is 0.575. The van der Waals surface area contributed by atoms with E-state index in [4.69, 9.17) is 0 Å². The Morgan fingerprint density at radius 2 is 1.62 bits per heavy atom. The van der Waals surface area contributed by atoms with Crippen LogP contribution in [0.15, 0.2) is 87.5 Å². The van der Waals surface area contributed by atoms with Crippen LogP contribution in [0, 0.1) is 0 Å². The molecule has 1 nitrogen and oxygen atoms in total. The molecular weight excluding hydrogens is 330 g/mol. The molecule has 0 radical (unpaired) electrons. The first-order valence-electron chi connectivity index (χ1n) is 8.26. The molecule has 2 aliphatic heterocycles. The van der Waals surface area contributed by atoms with Crippen molar-refractivity contribution in [3.8, 4) is 0 Å². The first-order chi connectivity index (χ1) is 11.9. The number of thioether (sulfide) groups is 1. The summed E-state index contributed by atoms with van der Waals surface area (Å²) >= 11 is 3.91. The SMILES string of the molecule is c1ccc(SC2Cc3cccc4c3N(C2)c2ccccc2S4)cc1. The Morgan fingerprint density at radius 3 is 2.54 bits per heavy atom. The van der Waals surface area contributed by atoms with Gasteiger partial charge in [0.1, 0.15) is 0 Å². The predicted molar refractivity (Wildman–Crippen MR) is 104 cm³/mol. The molecule has 0 saturated heterocycles. The topological polar surface area (TPSA) is 3.24 Å². The third kappa shape index (κ3) is 2.43. The molecule has 0 bridgehead atoms. The fraction of sp³-hybridized carbons (Fsp3) is 0.143. The zero-order valence-electron chi connectivity index (χ0n) is 13.2. The van der Waals surface area contributed by atoms with Crippen LogP contribution in [0.5, 0.6) is 0 Å². The molecule has 0 aliphatic carbocycles. The fourth-order valence-electron chi connectivity index (χ4n) is 3.60. The Kier molecular flexibility index (Phi) is 3.57. The number of anilines is 2. The molecule has 3 heteroatoms. The summed E-state index contributed by atoms with van der Waals surface area (Å²) in [6, 6.07) is 26.4. The van der Waals surface area contributed by atoms with Gasteiger partial charge in [-0.25, -0.2) is 0 Å². The van der Waals surface area contributed by atoms with Gasteiger partial charge >= 0.3 is 0 Å². The first-order valence-corrected chi connectivity index (χ1v) is 9.96. The minimum atomic E-state index is 0.575. The normalized spacial score (nSPS) is 18.0. The van der Waals surface area contributed by atoms with Crippen molar-refractivity contribution in [1.82, 2.24) is 0 Å². The fourth-order valence-corrected chi connectivity index (χ4v) is 5.94. The van der Waals surface area contributed by atoms with Gasteiger partial charge < -0.3 is 4.90 Å². The van der Waals surface area contributed by atoms with Crippen LogP contribution in [0.3, 0.4) is 0 Å². The van der Waals surface area contributed by atoms with Gasteiger partial charge in [-0.05, 0) is 42.3 Å². The third-order valence-corrected chi connectivity index (χ3v) is 6.92. The standard InChI is InChI=1S/C21H17NS2/c1-2-8-16(9-3-1)23-17-13-15-7-6-12-20-21(15)22(14-17)18-10-4-5-11-19(18)24-20/h1-12,17H,13-14H2. The van der Waals surface area contributed by atoms with Crippen LogP contribution in [0.25, 0.3) is 0 Å². The van der Waals surface area contributed by atoms with Crippen LogP contribution < -0.4 is 4.90 Å². The summed E-state index contributed by atoms with van der Waals surface area (Å²) < 4.78 is 0. The molecule has 24 heavy (non-hydrogen) atoms. The molecule has 3 aromatic rings. The molecule has 2 aliphatic rings. The molecule has 118 valence electrons. The van der Waals surface area contributed by atoms with Crippen molar-refractivity contribution in [2.45, 2.75) is 26.4 Å². The van der Waals surface area contributed by atoms with Crippen LogP contribution in [-0.4, -0.2) is 11.8 Å². The van der Waals surface area contributed by atoms with E-state index >= 15 is 0 Å². The molecule has 0 spiro atoms. The van der Waals surface area contributed by atoms with E-state index in [1.807, 2.05) is 23.5 Å². The molecule has 0 N–H and O–H groups in total. The van der Waals surface area contributed by atoms with Crippen molar-refractivity contribution in [3.05, 3.63) is 78.4 Å². The number of benzene rings is 3. The monoisotopic (exact) mass is 347 g/mol. The highest BCUT2D eigenvalue weighted by Gasteiger charge is 2.32. The molecule has 1 unspecified atom stereocenters. The van der Waals surface area contributed by atoms with Crippen LogP contribution in [0.4, 0.5) is 11.4 Å². The Bertz CT molecular complexity index is 891. The molecule has 0 fully saturated rings. The maximum Gasteiger partial charge on any atom is 0.0586 e. The molecule has 0 aromatic heterocycles. The summed E-state index contributed by atoms with van der Waals surface area (Å²) in [5, 5.41) is 0.575. The molecule has 0 saturated carbocycles. The number of rotatable bonds is 2. The van der Waals surface area contributed by atoms with Crippen molar-refractivity contribution < 1.29 is 0 Å². The number of hydrogen-bond donors (Lipinski definition) is 0. The minimum Gasteiger partial charge on any atom is -0.338 e. The van der Waals surface area contributed by atoms with Crippen molar-refractivity contribution in [1.29, 1.82) is 0 Å². The van der Waals surface area contributed by atoms with Crippen molar-refractivity contribution >= 4 is 34.9 Å². The van der Waals surface area contributed by atoms with Gasteiger partial charge in [0, 0.05) is 26.5 Å². The molecule has 3 aromatic carbocycles. The third-order valence-electron chi connectivity index (χ3n) is 4.61. The zero-order valence-corrected chi connectivity index (χ0v) is 14.8. The highest BCUT2D eigenvalue weighted by molar-refractivity contribution is 8.00. The highest BCUT2D eigenvalue weighted by Crippen LogP contribution is 2.52. The lowest BCUT2D eigenvalue weighted by molar-refractivity contribution is 0.768. The predicted octanol–water partition coefficient (Wildman–Crippen LogP) is 6.01. The Labute approximate surface area is 151 Å². The highest BCUT2D eigenvalue weighted by atomic mass is 32.2. The molecule has 5 rings (SSSR count). The number of fused-ring (bicyclic) bond motifs is 2. The second kappa shape index (κ2) is 5.91. The summed E-state index contributed by atoms with van der Waals surface area (Å²) in [7, 11) is 0. The molecule has 0 amide bonds. The number of hydrogen-bond acceptors (Lipinski definition) is 3. The van der Waals surface area contributed by atoms with E-state index in [-0.39, 0.29) is 0 Å². The lowest BCUT2D eigenvalue weighted by Gasteiger charge is -2.40. The van der Waals surface area contributed by atoms with E-state index in [0.29, 0.717) is 5.25 Å². The van der Waals surface area contributed by atoms with Gasteiger partial charge in [-0.15, -0.1) is 11.8 Å². The zero-order chi connectivity index (χ0) is 15.9. The van der Waals surface area contributed by atoms with Gasteiger partial charge in [-0.2, -0.15) is 0 Å². The van der Waals surface area contributed by atoms with Crippen molar-refractivity contribution in [2.24, 2.45) is 0 Å². The van der Waals surface area contributed by atoms with E-state index in [2.05, 4.69) is 77.7 Å². The summed E-state index contributed by atoms with van der Waals surface area (Å²) in [6.07, 6.45) is 1.14. The van der Waals surface area contributed by atoms with E-state index in [1.165, 1.54) is 31.6 Å². The van der Waals surface area contributed by atoms with Gasteiger partial charge in [0.25, 0.3) is 0 Å². The first kappa shape index (κ1) is 14.5. The Morgan fingerprint density at radius 1 is 0.833 bits per heavy atom. The lowest BCUT2D eigenvalue weighted by Crippen LogP contribution is -2.35. The van der Waals surface area contributed by atoms with Gasteiger partial charge in [-0.1, -0.05) is 54.2 Å². The largest absolute Gasteiger partial charge is 0.338 e. The summed E-state index contributed by atoms with van der Waals surface area (Å²) in [5.74, 6) is 0. The van der Waals surface area contributed by atoms with Crippen LogP contribution >= 0.6 is 23.5 Å². The summed E-state index contributed by atoms with van der Waals surface area (Å²) in [6.45, 7) is 1.07. The second-order valence-electron chi connectivity index (χ2n) is 6.20. The van der Waals surface area contributed by atoms with Crippen LogP contribution in [-0.2, 0) is 6.42 Å².